The summed E-state index contributed by atoms with van der Waals surface area (Å²) >= 11 is 0. The molecule has 1 amide bonds. The van der Waals surface area contributed by atoms with Crippen LogP contribution in [0.3, 0.4) is 0 Å². The molecule has 0 radical (unpaired) electrons. The number of aromatic nitrogens is 1. The van der Waals surface area contributed by atoms with Crippen molar-refractivity contribution in [2.75, 3.05) is 19.6 Å². The Morgan fingerprint density at radius 3 is 2.67 bits per heavy atom. The molecule has 1 aliphatic carbocycles. The van der Waals surface area contributed by atoms with Gasteiger partial charge in [-0.15, -0.1) is 0 Å². The maximum absolute atomic E-state index is 14.7. The van der Waals surface area contributed by atoms with Crippen LogP contribution in [-0.2, 0) is 4.79 Å². The van der Waals surface area contributed by atoms with E-state index >= 15 is 0 Å². The van der Waals surface area contributed by atoms with Gasteiger partial charge in [-0.25, -0.2) is 8.78 Å². The summed E-state index contributed by atoms with van der Waals surface area (Å²) in [7, 11) is 0. The average molecular weight is 423 g/mol. The Bertz CT molecular complexity index is 976. The number of carbonyl (C=O) groups is 2. The maximum Gasteiger partial charge on any atom is 0.309 e. The van der Waals surface area contributed by atoms with Crippen molar-refractivity contribution in [1.82, 2.24) is 15.4 Å². The summed E-state index contributed by atoms with van der Waals surface area (Å²) in [6.07, 6.45) is 2.70. The van der Waals surface area contributed by atoms with Crippen molar-refractivity contribution in [1.29, 1.82) is 0 Å². The SMILES string of the molecule is O=C(NC1CCN(CC2CC2)CC1C(=O)O)c1noc(-c2ccc(F)cc2F)c1F. The standard InChI is InChI=1S/C20H20F3N3O4/c21-11-3-4-12(14(22)7-11)18-16(23)17(25-30-18)19(27)24-15-5-6-26(8-10-1-2-10)9-13(15)20(28)29/h3-4,7,10,13,15H,1-2,5-6,8-9H2,(H,24,27)(H,28,29). The van der Waals surface area contributed by atoms with E-state index in [1.54, 1.807) is 0 Å². The lowest BCUT2D eigenvalue weighted by Gasteiger charge is -2.36. The molecule has 0 bridgehead atoms. The zero-order chi connectivity index (χ0) is 21.4. The largest absolute Gasteiger partial charge is 0.481 e. The van der Waals surface area contributed by atoms with Crippen LogP contribution in [0.5, 0.6) is 0 Å². The second-order valence-electron chi connectivity index (χ2n) is 7.81. The number of amides is 1. The molecule has 2 aromatic rings. The minimum atomic E-state index is -1.20. The van der Waals surface area contributed by atoms with Crippen LogP contribution in [0, 0.1) is 29.3 Å². The number of aliphatic carboxylic acids is 1. The predicted octanol–water partition coefficient (Wildman–Crippen LogP) is 2.67. The summed E-state index contributed by atoms with van der Waals surface area (Å²) in [4.78, 5) is 26.3. The van der Waals surface area contributed by atoms with Gasteiger partial charge in [0.15, 0.2) is 0 Å². The van der Waals surface area contributed by atoms with Gasteiger partial charge >= 0.3 is 5.97 Å². The van der Waals surface area contributed by atoms with E-state index in [2.05, 4.69) is 15.4 Å². The van der Waals surface area contributed by atoms with Gasteiger partial charge in [0.05, 0.1) is 11.5 Å². The Hall–Kier alpha value is -2.88. The van der Waals surface area contributed by atoms with Crippen LogP contribution >= 0.6 is 0 Å². The Kier molecular flexibility index (Phi) is 5.50. The number of piperidine rings is 1. The zero-order valence-electron chi connectivity index (χ0n) is 15.9. The molecule has 2 atom stereocenters. The van der Waals surface area contributed by atoms with Crippen LogP contribution < -0.4 is 5.32 Å². The van der Waals surface area contributed by atoms with Crippen molar-refractivity contribution in [2.24, 2.45) is 11.8 Å². The third-order valence-electron chi connectivity index (χ3n) is 5.57. The first-order valence-electron chi connectivity index (χ1n) is 9.70. The fourth-order valence-electron chi connectivity index (χ4n) is 3.77. The lowest BCUT2D eigenvalue weighted by Crippen LogP contribution is -2.54. The number of carbonyl (C=O) groups excluding carboxylic acids is 1. The Morgan fingerprint density at radius 2 is 2.00 bits per heavy atom. The molecule has 10 heteroatoms. The van der Waals surface area contributed by atoms with Crippen molar-refractivity contribution < 1.29 is 32.4 Å². The van der Waals surface area contributed by atoms with Crippen molar-refractivity contribution in [3.63, 3.8) is 0 Å². The quantitative estimate of drug-likeness (QED) is 0.742. The number of hydrogen-bond acceptors (Lipinski definition) is 5. The van der Waals surface area contributed by atoms with Gasteiger partial charge in [-0.05, 0) is 37.3 Å². The monoisotopic (exact) mass is 423 g/mol. The minimum Gasteiger partial charge on any atom is -0.481 e. The molecule has 2 fully saturated rings. The normalized spacial score (nSPS) is 22.1. The summed E-state index contributed by atoms with van der Waals surface area (Å²) in [6.45, 7) is 1.76. The Morgan fingerprint density at radius 1 is 1.23 bits per heavy atom. The third kappa shape index (κ3) is 4.18. The number of nitrogens with one attached hydrogen (secondary N) is 1. The van der Waals surface area contributed by atoms with Gasteiger partial charge in [-0.2, -0.15) is 4.39 Å². The van der Waals surface area contributed by atoms with Gasteiger partial charge in [0, 0.05) is 31.7 Å². The number of carboxylic acid groups (broad SMARTS) is 1. The number of carboxylic acids is 1. The maximum atomic E-state index is 14.7. The first kappa shape index (κ1) is 20.4. The second kappa shape index (κ2) is 8.10. The molecule has 1 aromatic carbocycles. The van der Waals surface area contributed by atoms with Gasteiger partial charge in [-0.3, -0.25) is 9.59 Å². The molecule has 7 nitrogen and oxygen atoms in total. The molecule has 2 heterocycles. The fraction of sp³-hybridized carbons (Fsp3) is 0.450. The van der Waals surface area contributed by atoms with Crippen molar-refractivity contribution in [3.05, 3.63) is 41.3 Å². The summed E-state index contributed by atoms with van der Waals surface area (Å²) in [6, 6.07) is 1.76. The van der Waals surface area contributed by atoms with Gasteiger partial charge in [0.2, 0.25) is 17.3 Å². The summed E-state index contributed by atoms with van der Waals surface area (Å²) in [5, 5.41) is 15.5. The number of rotatable bonds is 6. The summed E-state index contributed by atoms with van der Waals surface area (Å²) in [5.74, 6) is -5.96. The minimum absolute atomic E-state index is 0.296. The van der Waals surface area contributed by atoms with E-state index < -0.39 is 52.7 Å². The first-order valence-corrected chi connectivity index (χ1v) is 9.70. The van der Waals surface area contributed by atoms with Gasteiger partial charge in [0.1, 0.15) is 11.6 Å². The highest BCUT2D eigenvalue weighted by atomic mass is 19.1. The van der Waals surface area contributed by atoms with Crippen LogP contribution in [0.1, 0.15) is 29.8 Å². The lowest BCUT2D eigenvalue weighted by atomic mass is 9.91. The van der Waals surface area contributed by atoms with Crippen LogP contribution in [0.15, 0.2) is 22.7 Å². The number of nitrogens with zero attached hydrogens (tertiary/aromatic N) is 2. The molecular weight excluding hydrogens is 403 g/mol. The Balaban J connectivity index is 1.48. The van der Waals surface area contributed by atoms with Crippen LogP contribution in [0.25, 0.3) is 11.3 Å². The van der Waals surface area contributed by atoms with E-state index in [1.165, 1.54) is 0 Å². The van der Waals surface area contributed by atoms with Crippen molar-refractivity contribution >= 4 is 11.9 Å². The van der Waals surface area contributed by atoms with Crippen LogP contribution in [-0.4, -0.2) is 52.7 Å². The molecule has 2 unspecified atom stereocenters. The van der Waals surface area contributed by atoms with Crippen molar-refractivity contribution in [3.8, 4) is 11.3 Å². The molecule has 1 saturated carbocycles. The van der Waals surface area contributed by atoms with Gasteiger partial charge < -0.3 is 19.8 Å². The number of hydrogen-bond donors (Lipinski definition) is 2. The predicted molar refractivity (Wildman–Crippen MR) is 98.0 cm³/mol. The van der Waals surface area contributed by atoms with Crippen molar-refractivity contribution in [2.45, 2.75) is 25.3 Å². The fourth-order valence-corrected chi connectivity index (χ4v) is 3.77. The molecule has 160 valence electrons. The topological polar surface area (TPSA) is 95.7 Å². The molecule has 0 spiro atoms. The molecule has 30 heavy (non-hydrogen) atoms. The summed E-state index contributed by atoms with van der Waals surface area (Å²) in [5.41, 5.74) is -1.09. The van der Waals surface area contributed by atoms with E-state index in [9.17, 15) is 27.9 Å². The molecule has 2 aliphatic rings. The van der Waals surface area contributed by atoms with E-state index in [0.29, 0.717) is 31.5 Å². The van der Waals surface area contributed by atoms with Crippen LogP contribution in [0.4, 0.5) is 13.2 Å². The molecule has 1 saturated heterocycles. The highest BCUT2D eigenvalue weighted by Gasteiger charge is 2.38. The van der Waals surface area contributed by atoms with Gasteiger partial charge in [-0.1, -0.05) is 5.16 Å². The molecule has 4 rings (SSSR count). The molecule has 2 N–H and O–H groups in total. The zero-order valence-corrected chi connectivity index (χ0v) is 15.9. The highest BCUT2D eigenvalue weighted by Crippen LogP contribution is 2.32. The van der Waals surface area contributed by atoms with Crippen LogP contribution in [0.2, 0.25) is 0 Å². The van der Waals surface area contributed by atoms with E-state index in [-0.39, 0.29) is 5.56 Å². The number of halogens is 3. The third-order valence-corrected chi connectivity index (χ3v) is 5.57. The smallest absolute Gasteiger partial charge is 0.309 e. The van der Waals surface area contributed by atoms with Gasteiger partial charge in [0.25, 0.3) is 5.91 Å². The lowest BCUT2D eigenvalue weighted by molar-refractivity contribution is -0.144. The molecule has 1 aliphatic heterocycles. The Labute approximate surface area is 169 Å². The first-order chi connectivity index (χ1) is 14.3. The average Bonchev–Trinajstić information content (AvgIpc) is 3.43. The highest BCUT2D eigenvalue weighted by molar-refractivity contribution is 5.94. The van der Waals surface area contributed by atoms with E-state index in [0.717, 1.165) is 31.5 Å². The number of benzene rings is 1. The molecule has 1 aromatic heterocycles. The number of likely N-dealkylation sites (tertiary alicyclic amines) is 1. The van der Waals surface area contributed by atoms with E-state index in [1.807, 2.05) is 0 Å². The molecular formula is C20H20F3N3O4. The van der Waals surface area contributed by atoms with E-state index in [4.69, 9.17) is 4.52 Å². The second-order valence-corrected chi connectivity index (χ2v) is 7.81. The summed E-state index contributed by atoms with van der Waals surface area (Å²) < 4.78 is 46.4.